The number of nitrogens with zero attached hydrogens (tertiary/aromatic N) is 2. The maximum absolute atomic E-state index is 9.78. The van der Waals surface area contributed by atoms with Gasteiger partial charge >= 0.3 is 0 Å². The van der Waals surface area contributed by atoms with Crippen molar-refractivity contribution in [1.29, 1.82) is 5.26 Å². The largest absolute Gasteiger partial charge is 0.389 e. The Morgan fingerprint density at radius 1 is 1.35 bits per heavy atom. The van der Waals surface area contributed by atoms with Crippen LogP contribution in [-0.2, 0) is 9.47 Å². The number of aliphatic hydroxyl groups excluding tert-OH is 1. The van der Waals surface area contributed by atoms with Crippen LogP contribution >= 0.6 is 0 Å². The van der Waals surface area contributed by atoms with Crippen LogP contribution in [0.2, 0.25) is 0 Å². The van der Waals surface area contributed by atoms with Gasteiger partial charge in [-0.1, -0.05) is 0 Å². The molecule has 5 nitrogen and oxygen atoms in total. The predicted octanol–water partition coefficient (Wildman–Crippen LogP) is 0.634. The van der Waals surface area contributed by atoms with E-state index in [1.165, 1.54) is 0 Å². The van der Waals surface area contributed by atoms with Gasteiger partial charge in [-0.05, 0) is 13.8 Å². The first-order valence-electron chi connectivity index (χ1n) is 5.97. The Balaban J connectivity index is 3.79. The molecule has 0 aromatic rings. The van der Waals surface area contributed by atoms with Crippen LogP contribution in [-0.4, -0.2) is 62.2 Å². The van der Waals surface area contributed by atoms with Gasteiger partial charge in [0, 0.05) is 32.7 Å². The van der Waals surface area contributed by atoms with E-state index >= 15 is 0 Å². The molecule has 5 heteroatoms. The van der Waals surface area contributed by atoms with Gasteiger partial charge in [0.1, 0.15) is 0 Å². The summed E-state index contributed by atoms with van der Waals surface area (Å²) in [5, 5.41) is 18.3. The van der Waals surface area contributed by atoms with E-state index in [0.717, 1.165) is 0 Å². The van der Waals surface area contributed by atoms with Gasteiger partial charge in [0.15, 0.2) is 0 Å². The third-order valence-electron chi connectivity index (χ3n) is 2.43. The summed E-state index contributed by atoms with van der Waals surface area (Å²) in [5.41, 5.74) is 0. The number of aliphatic hydroxyl groups is 1. The average Bonchev–Trinajstić information content (AvgIpc) is 2.29. The summed E-state index contributed by atoms with van der Waals surface area (Å²) in [7, 11) is 1.61. The Hall–Kier alpha value is -0.670. The standard InChI is InChI=1S/C12H24N2O3/c1-11(2)14(6-4-5-13)9-12(15)10-17-8-7-16-3/h11-12,15H,4,6-10H2,1-3H3. The highest BCUT2D eigenvalue weighted by atomic mass is 16.5. The highest BCUT2D eigenvalue weighted by molar-refractivity contribution is 4.75. The highest BCUT2D eigenvalue weighted by Gasteiger charge is 2.14. The normalized spacial score (nSPS) is 13.0. The molecule has 0 spiro atoms. The number of hydrogen-bond donors (Lipinski definition) is 1. The molecule has 0 bridgehead atoms. The molecule has 1 unspecified atom stereocenters. The van der Waals surface area contributed by atoms with Gasteiger partial charge in [-0.25, -0.2) is 0 Å². The Morgan fingerprint density at radius 2 is 2.06 bits per heavy atom. The number of rotatable bonds is 10. The van der Waals surface area contributed by atoms with Crippen molar-refractivity contribution in [2.45, 2.75) is 32.4 Å². The lowest BCUT2D eigenvalue weighted by Gasteiger charge is -2.27. The lowest BCUT2D eigenvalue weighted by Crippen LogP contribution is -2.40. The summed E-state index contributed by atoms with van der Waals surface area (Å²) in [6.45, 7) is 6.66. The molecule has 0 fully saturated rings. The molecular weight excluding hydrogens is 220 g/mol. The van der Waals surface area contributed by atoms with Crippen LogP contribution in [0, 0.1) is 11.3 Å². The van der Waals surface area contributed by atoms with Gasteiger partial charge in [0.2, 0.25) is 0 Å². The molecule has 100 valence electrons. The third-order valence-corrected chi connectivity index (χ3v) is 2.43. The first-order chi connectivity index (χ1) is 8.11. The van der Waals surface area contributed by atoms with Crippen molar-refractivity contribution >= 4 is 0 Å². The molecule has 0 aromatic carbocycles. The molecule has 0 amide bonds. The number of methoxy groups -OCH3 is 1. The average molecular weight is 244 g/mol. The van der Waals surface area contributed by atoms with Crippen molar-refractivity contribution in [3.8, 4) is 6.07 Å². The second-order valence-corrected chi connectivity index (χ2v) is 4.22. The summed E-state index contributed by atoms with van der Waals surface area (Å²) in [4.78, 5) is 2.08. The van der Waals surface area contributed by atoms with Crippen LogP contribution in [0.5, 0.6) is 0 Å². The zero-order chi connectivity index (χ0) is 13.1. The predicted molar refractivity (Wildman–Crippen MR) is 65.6 cm³/mol. The molecule has 0 saturated heterocycles. The molecular formula is C12H24N2O3. The lowest BCUT2D eigenvalue weighted by atomic mass is 10.2. The molecule has 0 saturated carbocycles. The third kappa shape index (κ3) is 9.07. The van der Waals surface area contributed by atoms with Gasteiger partial charge in [0.05, 0.1) is 32.0 Å². The van der Waals surface area contributed by atoms with E-state index in [2.05, 4.69) is 24.8 Å². The van der Waals surface area contributed by atoms with Crippen LogP contribution < -0.4 is 0 Å². The van der Waals surface area contributed by atoms with E-state index in [9.17, 15) is 5.11 Å². The lowest BCUT2D eigenvalue weighted by molar-refractivity contribution is -0.00413. The van der Waals surface area contributed by atoms with Crippen molar-refractivity contribution in [1.82, 2.24) is 4.90 Å². The number of hydrogen-bond acceptors (Lipinski definition) is 5. The Labute approximate surface area is 104 Å². The molecule has 0 rings (SSSR count). The smallest absolute Gasteiger partial charge is 0.0900 e. The topological polar surface area (TPSA) is 65.7 Å². The molecule has 0 aliphatic carbocycles. The van der Waals surface area contributed by atoms with Gasteiger partial charge < -0.3 is 14.6 Å². The summed E-state index contributed by atoms with van der Waals surface area (Å²) in [5.74, 6) is 0. The SMILES string of the molecule is COCCOCC(O)CN(CCC#N)C(C)C. The molecule has 0 aromatic heterocycles. The second-order valence-electron chi connectivity index (χ2n) is 4.22. The maximum Gasteiger partial charge on any atom is 0.0900 e. The molecule has 1 atom stereocenters. The van der Waals surface area contributed by atoms with E-state index in [0.29, 0.717) is 45.4 Å². The highest BCUT2D eigenvalue weighted by Crippen LogP contribution is 2.02. The molecule has 0 aliphatic rings. The van der Waals surface area contributed by atoms with Gasteiger partial charge in [0.25, 0.3) is 0 Å². The summed E-state index contributed by atoms with van der Waals surface area (Å²) in [6, 6.07) is 2.43. The van der Waals surface area contributed by atoms with Gasteiger partial charge in [-0.3, -0.25) is 4.90 Å². The molecule has 17 heavy (non-hydrogen) atoms. The molecule has 0 heterocycles. The van der Waals surface area contributed by atoms with E-state index in [-0.39, 0.29) is 0 Å². The number of ether oxygens (including phenoxy) is 2. The number of nitriles is 1. The molecule has 0 radical (unpaired) electrons. The van der Waals surface area contributed by atoms with Crippen LogP contribution in [0.4, 0.5) is 0 Å². The van der Waals surface area contributed by atoms with E-state index in [4.69, 9.17) is 14.7 Å². The fourth-order valence-electron chi connectivity index (χ4n) is 1.44. The van der Waals surface area contributed by atoms with Crippen LogP contribution in [0.25, 0.3) is 0 Å². The Morgan fingerprint density at radius 3 is 2.59 bits per heavy atom. The zero-order valence-corrected chi connectivity index (χ0v) is 11.1. The maximum atomic E-state index is 9.78. The van der Waals surface area contributed by atoms with Gasteiger partial charge in [-0.2, -0.15) is 5.26 Å². The van der Waals surface area contributed by atoms with Crippen molar-refractivity contribution in [3.63, 3.8) is 0 Å². The minimum Gasteiger partial charge on any atom is -0.389 e. The minimum absolute atomic E-state index is 0.305. The van der Waals surface area contributed by atoms with Crippen molar-refractivity contribution in [2.75, 3.05) is 40.0 Å². The van der Waals surface area contributed by atoms with Crippen LogP contribution in [0.3, 0.4) is 0 Å². The van der Waals surface area contributed by atoms with Crippen molar-refractivity contribution in [3.05, 3.63) is 0 Å². The van der Waals surface area contributed by atoms with Crippen molar-refractivity contribution in [2.24, 2.45) is 0 Å². The van der Waals surface area contributed by atoms with E-state index < -0.39 is 6.10 Å². The summed E-state index contributed by atoms with van der Waals surface area (Å²) < 4.78 is 10.1. The van der Waals surface area contributed by atoms with Crippen LogP contribution in [0.1, 0.15) is 20.3 Å². The minimum atomic E-state index is -0.520. The summed E-state index contributed by atoms with van der Waals surface area (Å²) in [6.07, 6.45) is -0.0388. The first kappa shape index (κ1) is 16.3. The van der Waals surface area contributed by atoms with Crippen LogP contribution in [0.15, 0.2) is 0 Å². The zero-order valence-electron chi connectivity index (χ0n) is 11.1. The Kier molecular flexibility index (Phi) is 10.1. The Bertz CT molecular complexity index is 216. The monoisotopic (exact) mass is 244 g/mol. The second kappa shape index (κ2) is 10.5. The molecule has 0 aliphatic heterocycles. The van der Waals surface area contributed by atoms with E-state index in [1.54, 1.807) is 7.11 Å². The first-order valence-corrected chi connectivity index (χ1v) is 5.97. The molecule has 1 N–H and O–H groups in total. The van der Waals surface area contributed by atoms with Crippen molar-refractivity contribution < 1.29 is 14.6 Å². The van der Waals surface area contributed by atoms with E-state index in [1.807, 2.05) is 0 Å². The quantitative estimate of drug-likeness (QED) is 0.571. The van der Waals surface area contributed by atoms with Gasteiger partial charge in [-0.15, -0.1) is 0 Å². The summed E-state index contributed by atoms with van der Waals surface area (Å²) >= 11 is 0. The fourth-order valence-corrected chi connectivity index (χ4v) is 1.44. The fraction of sp³-hybridized carbons (Fsp3) is 0.917.